The second kappa shape index (κ2) is 7.09. The molecule has 2 N–H and O–H groups in total. The Morgan fingerprint density at radius 1 is 0.950 bits per heavy atom. The van der Waals surface area contributed by atoms with Crippen molar-refractivity contribution in [3.8, 4) is 0 Å². The monoisotopic (exact) mass is 281 g/mol. The van der Waals surface area contributed by atoms with Gasteiger partial charge in [0.25, 0.3) is 0 Å². The highest BCUT2D eigenvalue weighted by molar-refractivity contribution is 5.78. The number of hydrogen-bond donors (Lipinski definition) is 2. The zero-order valence-electron chi connectivity index (χ0n) is 12.3. The topological polar surface area (TPSA) is 66.4 Å². The highest BCUT2D eigenvalue weighted by Crippen LogP contribution is 2.44. The number of amides is 1. The van der Waals surface area contributed by atoms with E-state index in [-0.39, 0.29) is 17.7 Å². The Morgan fingerprint density at radius 3 is 2.10 bits per heavy atom. The quantitative estimate of drug-likeness (QED) is 0.760. The largest absolute Gasteiger partial charge is 0.481 e. The van der Waals surface area contributed by atoms with E-state index in [4.69, 9.17) is 5.11 Å². The number of hydrogen-bond acceptors (Lipinski definition) is 2. The van der Waals surface area contributed by atoms with E-state index in [1.54, 1.807) is 0 Å². The predicted octanol–water partition coefficient (Wildman–Crippen LogP) is 3.25. The lowest BCUT2D eigenvalue weighted by Crippen LogP contribution is -2.38. The molecule has 0 spiro atoms. The molecule has 2 aliphatic carbocycles. The Labute approximate surface area is 121 Å². The average Bonchev–Trinajstić information content (AvgIpc) is 2.65. The zero-order valence-corrected chi connectivity index (χ0v) is 12.3. The van der Waals surface area contributed by atoms with Crippen molar-refractivity contribution in [1.29, 1.82) is 0 Å². The van der Waals surface area contributed by atoms with Gasteiger partial charge in [-0.2, -0.15) is 0 Å². The number of aliphatic carboxylic acids is 1. The van der Waals surface area contributed by atoms with Crippen LogP contribution in [0.3, 0.4) is 0 Å². The van der Waals surface area contributed by atoms with Gasteiger partial charge in [0.15, 0.2) is 0 Å². The van der Waals surface area contributed by atoms with Gasteiger partial charge >= 0.3 is 5.97 Å². The molecular weight excluding hydrogens is 254 g/mol. The van der Waals surface area contributed by atoms with E-state index < -0.39 is 5.97 Å². The summed E-state index contributed by atoms with van der Waals surface area (Å²) in [7, 11) is 0. The molecule has 0 aliphatic heterocycles. The van der Waals surface area contributed by atoms with Crippen LogP contribution in [0.15, 0.2) is 0 Å². The van der Waals surface area contributed by atoms with Crippen molar-refractivity contribution in [2.75, 3.05) is 0 Å². The van der Waals surface area contributed by atoms with E-state index in [0.29, 0.717) is 12.5 Å². The van der Waals surface area contributed by atoms with Crippen molar-refractivity contribution < 1.29 is 14.7 Å². The van der Waals surface area contributed by atoms with Crippen LogP contribution in [0.4, 0.5) is 0 Å². The van der Waals surface area contributed by atoms with Gasteiger partial charge in [0.05, 0.1) is 6.42 Å². The fraction of sp³-hybridized carbons (Fsp3) is 0.875. The van der Waals surface area contributed by atoms with Crippen LogP contribution < -0.4 is 5.32 Å². The van der Waals surface area contributed by atoms with Gasteiger partial charge in [-0.3, -0.25) is 9.59 Å². The van der Waals surface area contributed by atoms with E-state index in [0.717, 1.165) is 38.5 Å². The second-order valence-electron chi connectivity index (χ2n) is 6.71. The Hall–Kier alpha value is -1.06. The molecule has 0 aromatic heterocycles. The smallest absolute Gasteiger partial charge is 0.303 e. The molecule has 0 bridgehead atoms. The van der Waals surface area contributed by atoms with E-state index in [1.165, 1.54) is 25.7 Å². The van der Waals surface area contributed by atoms with Gasteiger partial charge in [0.1, 0.15) is 0 Å². The van der Waals surface area contributed by atoms with Crippen molar-refractivity contribution in [2.24, 2.45) is 5.41 Å². The lowest BCUT2D eigenvalue weighted by molar-refractivity contribution is -0.140. The van der Waals surface area contributed by atoms with E-state index >= 15 is 0 Å². The van der Waals surface area contributed by atoms with Crippen molar-refractivity contribution >= 4 is 11.9 Å². The SMILES string of the molecule is O=C(O)CC1(CC(=O)NC2CCCCCC2)CCCC1. The van der Waals surface area contributed by atoms with Gasteiger partial charge < -0.3 is 10.4 Å². The molecule has 0 heterocycles. The molecule has 0 radical (unpaired) electrons. The Morgan fingerprint density at radius 2 is 1.55 bits per heavy atom. The lowest BCUT2D eigenvalue weighted by atomic mass is 9.79. The van der Waals surface area contributed by atoms with E-state index in [1.807, 2.05) is 0 Å². The molecule has 0 aromatic carbocycles. The summed E-state index contributed by atoms with van der Waals surface area (Å²) in [6.07, 6.45) is 11.5. The van der Waals surface area contributed by atoms with Crippen molar-refractivity contribution in [3.05, 3.63) is 0 Å². The maximum absolute atomic E-state index is 12.3. The van der Waals surface area contributed by atoms with Gasteiger partial charge in [-0.1, -0.05) is 38.5 Å². The summed E-state index contributed by atoms with van der Waals surface area (Å²) in [5, 5.41) is 12.2. The fourth-order valence-electron chi connectivity index (χ4n) is 3.90. The van der Waals surface area contributed by atoms with Crippen molar-refractivity contribution in [2.45, 2.75) is 83.1 Å². The summed E-state index contributed by atoms with van der Waals surface area (Å²) in [6, 6.07) is 0.313. The van der Waals surface area contributed by atoms with Crippen molar-refractivity contribution in [1.82, 2.24) is 5.32 Å². The first-order valence-corrected chi connectivity index (χ1v) is 8.11. The fourth-order valence-corrected chi connectivity index (χ4v) is 3.90. The molecule has 1 amide bonds. The first-order valence-electron chi connectivity index (χ1n) is 8.11. The summed E-state index contributed by atoms with van der Waals surface area (Å²) >= 11 is 0. The average molecular weight is 281 g/mol. The number of carboxylic acid groups (broad SMARTS) is 1. The van der Waals surface area contributed by atoms with Gasteiger partial charge in [-0.25, -0.2) is 0 Å². The molecule has 4 nitrogen and oxygen atoms in total. The van der Waals surface area contributed by atoms with Gasteiger partial charge in [0.2, 0.25) is 5.91 Å². The van der Waals surface area contributed by atoms with E-state index in [9.17, 15) is 9.59 Å². The van der Waals surface area contributed by atoms with Gasteiger partial charge in [-0.15, -0.1) is 0 Å². The minimum Gasteiger partial charge on any atom is -0.481 e. The zero-order chi connectivity index (χ0) is 14.4. The lowest BCUT2D eigenvalue weighted by Gasteiger charge is -2.27. The molecule has 2 fully saturated rings. The van der Waals surface area contributed by atoms with Crippen LogP contribution in [0.5, 0.6) is 0 Å². The number of carboxylic acids is 1. The Kier molecular flexibility index (Phi) is 5.44. The highest BCUT2D eigenvalue weighted by atomic mass is 16.4. The molecule has 0 saturated heterocycles. The Bertz CT molecular complexity index is 340. The van der Waals surface area contributed by atoms with Crippen LogP contribution in [-0.4, -0.2) is 23.0 Å². The van der Waals surface area contributed by atoms with Gasteiger partial charge in [-0.05, 0) is 31.1 Å². The number of rotatable bonds is 5. The normalized spacial score (nSPS) is 23.2. The summed E-state index contributed by atoms with van der Waals surface area (Å²) in [4.78, 5) is 23.3. The van der Waals surface area contributed by atoms with E-state index in [2.05, 4.69) is 5.32 Å². The minimum atomic E-state index is -0.769. The van der Waals surface area contributed by atoms with Crippen LogP contribution >= 0.6 is 0 Å². The standard InChI is InChI=1S/C16H27NO3/c18-14(17-13-7-3-1-2-4-8-13)11-16(12-15(19)20)9-5-6-10-16/h13H,1-12H2,(H,17,18)(H,19,20). The third-order valence-electron chi connectivity index (χ3n) is 4.95. The van der Waals surface area contributed by atoms with Crippen LogP contribution in [0.2, 0.25) is 0 Å². The number of carbonyl (C=O) groups is 2. The number of carbonyl (C=O) groups excluding carboxylic acids is 1. The van der Waals surface area contributed by atoms with Gasteiger partial charge in [0, 0.05) is 12.5 Å². The first-order chi connectivity index (χ1) is 9.60. The van der Waals surface area contributed by atoms with Crippen molar-refractivity contribution in [3.63, 3.8) is 0 Å². The molecule has 20 heavy (non-hydrogen) atoms. The molecule has 114 valence electrons. The molecule has 0 aromatic rings. The maximum atomic E-state index is 12.3. The molecule has 0 atom stereocenters. The third kappa shape index (κ3) is 4.50. The third-order valence-corrected chi connectivity index (χ3v) is 4.95. The first kappa shape index (κ1) is 15.3. The Balaban J connectivity index is 1.86. The molecule has 2 aliphatic rings. The second-order valence-corrected chi connectivity index (χ2v) is 6.71. The molecule has 2 saturated carbocycles. The predicted molar refractivity (Wildman–Crippen MR) is 77.4 cm³/mol. The molecule has 0 unspecified atom stereocenters. The summed E-state index contributed by atoms with van der Waals surface area (Å²) < 4.78 is 0. The van der Waals surface area contributed by atoms with Crippen LogP contribution in [0.25, 0.3) is 0 Å². The molecule has 2 rings (SSSR count). The maximum Gasteiger partial charge on any atom is 0.303 e. The minimum absolute atomic E-state index is 0.0695. The van der Waals surface area contributed by atoms with Crippen LogP contribution in [-0.2, 0) is 9.59 Å². The summed E-state index contributed by atoms with van der Waals surface area (Å²) in [5.74, 6) is -0.700. The summed E-state index contributed by atoms with van der Waals surface area (Å²) in [6.45, 7) is 0. The van der Waals surface area contributed by atoms with Crippen LogP contribution in [0.1, 0.15) is 77.0 Å². The molecular formula is C16H27NO3. The molecule has 4 heteroatoms. The summed E-state index contributed by atoms with van der Waals surface area (Å²) in [5.41, 5.74) is -0.277. The highest BCUT2D eigenvalue weighted by Gasteiger charge is 2.38. The van der Waals surface area contributed by atoms with Crippen LogP contribution in [0, 0.1) is 5.41 Å². The number of nitrogens with one attached hydrogen (secondary N) is 1.